The first-order valence-electron chi connectivity index (χ1n) is 8.03. The molecular formula is C16H24N4O. The van der Waals surface area contributed by atoms with E-state index in [4.69, 9.17) is 4.52 Å². The summed E-state index contributed by atoms with van der Waals surface area (Å²) in [6, 6.07) is 0.504. The highest BCUT2D eigenvalue weighted by atomic mass is 16.5. The van der Waals surface area contributed by atoms with Crippen molar-refractivity contribution in [3.63, 3.8) is 0 Å². The van der Waals surface area contributed by atoms with Crippen LogP contribution < -0.4 is 5.32 Å². The fraction of sp³-hybridized carbons (Fsp3) is 0.625. The second-order valence-corrected chi connectivity index (χ2v) is 5.77. The van der Waals surface area contributed by atoms with E-state index in [2.05, 4.69) is 39.3 Å². The highest BCUT2D eigenvalue weighted by Crippen LogP contribution is 2.30. The van der Waals surface area contributed by atoms with E-state index in [1.165, 1.54) is 36.8 Å². The van der Waals surface area contributed by atoms with Crippen molar-refractivity contribution < 1.29 is 4.52 Å². The Morgan fingerprint density at radius 1 is 1.38 bits per heavy atom. The van der Waals surface area contributed by atoms with E-state index in [0.29, 0.717) is 18.5 Å². The van der Waals surface area contributed by atoms with Gasteiger partial charge in [0.15, 0.2) is 5.82 Å². The zero-order chi connectivity index (χ0) is 14.7. The maximum Gasteiger partial charge on any atom is 0.246 e. The van der Waals surface area contributed by atoms with E-state index >= 15 is 0 Å². The van der Waals surface area contributed by atoms with Crippen LogP contribution in [0.2, 0.25) is 0 Å². The third kappa shape index (κ3) is 3.18. The predicted molar refractivity (Wildman–Crippen MR) is 81.2 cm³/mol. The number of nitrogens with one attached hydrogen (secondary N) is 1. The standard InChI is InChI=1S/C16H24N4O/c1-3-8-17-14-7-5-6-12-9-20(10-13(12)14)11-16-18-15(4-2)19-21-16/h9-10,14,17H,3-8,11H2,1-2H3. The van der Waals surface area contributed by atoms with Gasteiger partial charge in [-0.15, -0.1) is 0 Å². The van der Waals surface area contributed by atoms with Gasteiger partial charge in [0.05, 0.1) is 0 Å². The molecule has 1 N–H and O–H groups in total. The molecule has 1 atom stereocenters. The van der Waals surface area contributed by atoms with Gasteiger partial charge in [0.2, 0.25) is 5.89 Å². The zero-order valence-corrected chi connectivity index (χ0v) is 12.9. The van der Waals surface area contributed by atoms with Gasteiger partial charge >= 0.3 is 0 Å². The van der Waals surface area contributed by atoms with Crippen LogP contribution in [0.1, 0.15) is 62.0 Å². The quantitative estimate of drug-likeness (QED) is 0.888. The lowest BCUT2D eigenvalue weighted by atomic mass is 9.91. The topological polar surface area (TPSA) is 55.9 Å². The van der Waals surface area contributed by atoms with E-state index < -0.39 is 0 Å². The van der Waals surface area contributed by atoms with Gasteiger partial charge in [0.1, 0.15) is 6.54 Å². The molecule has 2 aromatic heterocycles. The van der Waals surface area contributed by atoms with Crippen LogP contribution in [-0.4, -0.2) is 21.3 Å². The molecule has 2 heterocycles. The van der Waals surface area contributed by atoms with Crippen molar-refractivity contribution in [2.75, 3.05) is 6.54 Å². The van der Waals surface area contributed by atoms with Crippen molar-refractivity contribution in [1.29, 1.82) is 0 Å². The third-order valence-electron chi connectivity index (χ3n) is 4.10. The first kappa shape index (κ1) is 14.3. The molecule has 21 heavy (non-hydrogen) atoms. The summed E-state index contributed by atoms with van der Waals surface area (Å²) in [6.45, 7) is 6.00. The monoisotopic (exact) mass is 288 g/mol. The number of fused-ring (bicyclic) bond motifs is 1. The molecule has 2 aromatic rings. The molecule has 0 spiro atoms. The summed E-state index contributed by atoms with van der Waals surface area (Å²) in [4.78, 5) is 4.38. The molecule has 0 saturated heterocycles. The number of aromatic nitrogens is 3. The number of hydrogen-bond acceptors (Lipinski definition) is 4. The minimum atomic E-state index is 0.504. The average molecular weight is 288 g/mol. The highest BCUT2D eigenvalue weighted by molar-refractivity contribution is 5.30. The van der Waals surface area contributed by atoms with Crippen LogP contribution in [0.3, 0.4) is 0 Å². The van der Waals surface area contributed by atoms with Crippen LogP contribution in [0, 0.1) is 0 Å². The Labute approximate surface area is 125 Å². The van der Waals surface area contributed by atoms with E-state index in [1.807, 2.05) is 6.92 Å². The molecule has 5 nitrogen and oxygen atoms in total. The molecule has 114 valence electrons. The molecule has 0 fully saturated rings. The van der Waals surface area contributed by atoms with E-state index in [0.717, 1.165) is 18.8 Å². The van der Waals surface area contributed by atoms with E-state index in [1.54, 1.807) is 0 Å². The van der Waals surface area contributed by atoms with Crippen LogP contribution in [0.5, 0.6) is 0 Å². The van der Waals surface area contributed by atoms with Gasteiger partial charge in [0, 0.05) is 24.9 Å². The predicted octanol–water partition coefficient (Wildman–Crippen LogP) is 2.86. The van der Waals surface area contributed by atoms with Gasteiger partial charge in [-0.1, -0.05) is 19.0 Å². The Morgan fingerprint density at radius 3 is 3.05 bits per heavy atom. The lowest BCUT2D eigenvalue weighted by molar-refractivity contribution is 0.366. The highest BCUT2D eigenvalue weighted by Gasteiger charge is 2.21. The molecule has 0 aromatic carbocycles. The Hall–Kier alpha value is -1.62. The average Bonchev–Trinajstić information content (AvgIpc) is 3.11. The minimum Gasteiger partial charge on any atom is -0.344 e. The fourth-order valence-corrected chi connectivity index (χ4v) is 3.02. The van der Waals surface area contributed by atoms with Crippen molar-refractivity contribution in [3.05, 3.63) is 35.2 Å². The molecule has 0 amide bonds. The molecular weight excluding hydrogens is 264 g/mol. The molecule has 1 aliphatic rings. The Kier molecular flexibility index (Phi) is 4.39. The summed E-state index contributed by atoms with van der Waals surface area (Å²) in [5.41, 5.74) is 2.91. The van der Waals surface area contributed by atoms with E-state index in [-0.39, 0.29) is 0 Å². The third-order valence-corrected chi connectivity index (χ3v) is 4.10. The molecule has 3 rings (SSSR count). The fourth-order valence-electron chi connectivity index (χ4n) is 3.02. The first-order valence-corrected chi connectivity index (χ1v) is 8.03. The van der Waals surface area contributed by atoms with E-state index in [9.17, 15) is 0 Å². The molecule has 0 aliphatic heterocycles. The summed E-state index contributed by atoms with van der Waals surface area (Å²) in [5.74, 6) is 1.47. The summed E-state index contributed by atoms with van der Waals surface area (Å²) in [6.07, 6.45) is 10.2. The largest absolute Gasteiger partial charge is 0.344 e. The van der Waals surface area contributed by atoms with Gasteiger partial charge in [-0.3, -0.25) is 0 Å². The van der Waals surface area contributed by atoms with Crippen LogP contribution in [0.4, 0.5) is 0 Å². The van der Waals surface area contributed by atoms with Crippen molar-refractivity contribution >= 4 is 0 Å². The minimum absolute atomic E-state index is 0.504. The summed E-state index contributed by atoms with van der Waals surface area (Å²) < 4.78 is 7.47. The second-order valence-electron chi connectivity index (χ2n) is 5.77. The first-order chi connectivity index (χ1) is 10.3. The summed E-state index contributed by atoms with van der Waals surface area (Å²) >= 11 is 0. The van der Waals surface area contributed by atoms with Crippen molar-refractivity contribution in [1.82, 2.24) is 20.0 Å². The van der Waals surface area contributed by atoms with Crippen molar-refractivity contribution in [2.45, 2.75) is 58.5 Å². The summed E-state index contributed by atoms with van der Waals surface area (Å²) in [5, 5.41) is 7.61. The Bertz CT molecular complexity index is 587. The maximum atomic E-state index is 5.29. The van der Waals surface area contributed by atoms with Gasteiger partial charge < -0.3 is 14.4 Å². The number of nitrogens with zero attached hydrogens (tertiary/aromatic N) is 3. The molecule has 1 aliphatic carbocycles. The van der Waals surface area contributed by atoms with Crippen molar-refractivity contribution in [2.24, 2.45) is 0 Å². The van der Waals surface area contributed by atoms with Crippen molar-refractivity contribution in [3.8, 4) is 0 Å². The number of rotatable bonds is 6. The molecule has 0 radical (unpaired) electrons. The van der Waals surface area contributed by atoms with Gasteiger partial charge in [-0.25, -0.2) is 0 Å². The lowest BCUT2D eigenvalue weighted by Gasteiger charge is -2.23. The molecule has 5 heteroatoms. The molecule has 1 unspecified atom stereocenters. The number of hydrogen-bond donors (Lipinski definition) is 1. The number of aryl methyl sites for hydroxylation is 2. The van der Waals surface area contributed by atoms with Gasteiger partial charge in [-0.2, -0.15) is 4.98 Å². The summed E-state index contributed by atoms with van der Waals surface area (Å²) in [7, 11) is 0. The van der Waals surface area contributed by atoms with Crippen LogP contribution in [0.15, 0.2) is 16.9 Å². The molecule has 0 bridgehead atoms. The molecule has 0 saturated carbocycles. The SMILES string of the molecule is CCCNC1CCCc2cn(Cc3nc(CC)no3)cc21. The maximum absolute atomic E-state index is 5.29. The lowest BCUT2D eigenvalue weighted by Crippen LogP contribution is -2.24. The van der Waals surface area contributed by atoms with Crippen LogP contribution in [0.25, 0.3) is 0 Å². The van der Waals surface area contributed by atoms with Gasteiger partial charge in [-0.05, 0) is 43.4 Å². The smallest absolute Gasteiger partial charge is 0.246 e. The Balaban J connectivity index is 1.74. The van der Waals surface area contributed by atoms with Crippen LogP contribution >= 0.6 is 0 Å². The normalized spacial score (nSPS) is 17.9. The van der Waals surface area contributed by atoms with Crippen LogP contribution in [-0.2, 0) is 19.4 Å². The van der Waals surface area contributed by atoms with Gasteiger partial charge in [0.25, 0.3) is 0 Å². The zero-order valence-electron chi connectivity index (χ0n) is 12.9. The second kappa shape index (κ2) is 6.43. The Morgan fingerprint density at radius 2 is 2.29 bits per heavy atom.